The molecular formula is C25H22F3N5O3. The number of nitrogens with zero attached hydrogens (tertiary/aromatic N) is 4. The number of ether oxygens (including phenoxy) is 1. The molecule has 0 saturated heterocycles. The molecule has 1 aliphatic rings. The second-order valence-corrected chi connectivity index (χ2v) is 8.86. The number of rotatable bonds is 6. The first-order chi connectivity index (χ1) is 17.2. The summed E-state index contributed by atoms with van der Waals surface area (Å²) in [6, 6.07) is 7.17. The molecule has 0 spiro atoms. The summed E-state index contributed by atoms with van der Waals surface area (Å²) < 4.78 is 44.8. The number of fused-ring (bicyclic) bond motifs is 1. The van der Waals surface area contributed by atoms with Crippen LogP contribution in [0.4, 0.5) is 13.2 Å². The zero-order valence-corrected chi connectivity index (χ0v) is 19.0. The van der Waals surface area contributed by atoms with Gasteiger partial charge < -0.3 is 14.8 Å². The molecule has 0 unspecified atom stereocenters. The van der Waals surface area contributed by atoms with Gasteiger partial charge in [-0.25, -0.2) is 15.0 Å². The Morgan fingerprint density at radius 1 is 1.00 bits per heavy atom. The van der Waals surface area contributed by atoms with Crippen molar-refractivity contribution in [3.8, 4) is 28.7 Å². The molecule has 1 fully saturated rings. The average molecular weight is 497 g/mol. The normalized spacial score (nSPS) is 18.3. The quantitative estimate of drug-likeness (QED) is 0.361. The number of pyridine rings is 1. The van der Waals surface area contributed by atoms with Crippen LogP contribution in [0, 0.1) is 5.92 Å². The van der Waals surface area contributed by atoms with Crippen LogP contribution in [0.1, 0.15) is 37.7 Å². The van der Waals surface area contributed by atoms with Gasteiger partial charge in [0.1, 0.15) is 11.9 Å². The van der Waals surface area contributed by atoms with E-state index in [9.17, 15) is 18.0 Å². The predicted octanol–water partition coefficient (Wildman–Crippen LogP) is 5.51. The highest BCUT2D eigenvalue weighted by Crippen LogP contribution is 2.32. The van der Waals surface area contributed by atoms with Crippen LogP contribution < -0.4 is 4.74 Å². The molecule has 186 valence electrons. The summed E-state index contributed by atoms with van der Waals surface area (Å²) in [5, 5.41) is 8.93. The first-order valence-corrected chi connectivity index (χ1v) is 11.5. The number of carboxylic acids is 1. The maximum atomic E-state index is 13.0. The molecule has 0 atom stereocenters. The second kappa shape index (κ2) is 9.56. The Balaban J connectivity index is 1.23. The highest BCUT2D eigenvalue weighted by molar-refractivity contribution is 5.80. The minimum atomic E-state index is -4.42. The molecule has 5 rings (SSSR count). The van der Waals surface area contributed by atoms with E-state index in [0.29, 0.717) is 33.7 Å². The number of aromatic amines is 1. The first-order valence-electron chi connectivity index (χ1n) is 11.5. The fourth-order valence-corrected chi connectivity index (χ4v) is 4.39. The molecule has 0 amide bonds. The lowest BCUT2D eigenvalue weighted by Gasteiger charge is -2.27. The summed E-state index contributed by atoms with van der Waals surface area (Å²) in [6.45, 7) is 0. The number of nitrogens with one attached hydrogen (secondary N) is 1. The van der Waals surface area contributed by atoms with E-state index in [4.69, 9.17) is 9.84 Å². The third-order valence-corrected chi connectivity index (χ3v) is 6.30. The summed E-state index contributed by atoms with van der Waals surface area (Å²) in [6.07, 6.45) is 3.69. The first kappa shape index (κ1) is 23.7. The lowest BCUT2D eigenvalue weighted by atomic mass is 9.85. The van der Waals surface area contributed by atoms with Crippen LogP contribution in [0.25, 0.3) is 33.7 Å². The van der Waals surface area contributed by atoms with Crippen molar-refractivity contribution in [2.24, 2.45) is 5.92 Å². The summed E-state index contributed by atoms with van der Waals surface area (Å²) in [4.78, 5) is 31.1. The molecule has 4 aromatic rings. The monoisotopic (exact) mass is 497 g/mol. The van der Waals surface area contributed by atoms with Crippen LogP contribution in [0.3, 0.4) is 0 Å². The Morgan fingerprint density at radius 2 is 1.72 bits per heavy atom. The number of aliphatic carboxylic acids is 1. The SMILES string of the molecule is O=C(O)CC1CCC(Oc2ncc(-c3ccc(-c4nc5ccc(C(F)(F)F)cc5[nH]4)cn3)cn2)CC1. The number of hydrogen-bond donors (Lipinski definition) is 2. The number of carboxylic acid groups (broad SMARTS) is 1. The number of hydrogen-bond acceptors (Lipinski definition) is 6. The number of carbonyl (C=O) groups is 1. The highest BCUT2D eigenvalue weighted by atomic mass is 19.4. The van der Waals surface area contributed by atoms with E-state index < -0.39 is 17.7 Å². The number of halogens is 3. The van der Waals surface area contributed by atoms with Gasteiger partial charge in [-0.15, -0.1) is 0 Å². The fraction of sp³-hybridized carbons (Fsp3) is 0.320. The van der Waals surface area contributed by atoms with Gasteiger partial charge in [0.05, 0.1) is 22.3 Å². The number of imidazole rings is 1. The van der Waals surface area contributed by atoms with Gasteiger partial charge in [-0.05, 0) is 61.9 Å². The van der Waals surface area contributed by atoms with E-state index >= 15 is 0 Å². The summed E-state index contributed by atoms with van der Waals surface area (Å²) in [7, 11) is 0. The summed E-state index contributed by atoms with van der Waals surface area (Å²) >= 11 is 0. The van der Waals surface area contributed by atoms with Crippen LogP contribution in [-0.4, -0.2) is 42.1 Å². The molecule has 3 heterocycles. The van der Waals surface area contributed by atoms with Crippen molar-refractivity contribution in [3.05, 3.63) is 54.5 Å². The third kappa shape index (κ3) is 5.29. The number of benzene rings is 1. The van der Waals surface area contributed by atoms with E-state index in [1.54, 1.807) is 30.7 Å². The highest BCUT2D eigenvalue weighted by Gasteiger charge is 2.30. The minimum Gasteiger partial charge on any atom is -0.481 e. The van der Waals surface area contributed by atoms with Crippen molar-refractivity contribution < 1.29 is 27.8 Å². The van der Waals surface area contributed by atoms with Crippen molar-refractivity contribution in [1.82, 2.24) is 24.9 Å². The summed E-state index contributed by atoms with van der Waals surface area (Å²) in [5.41, 5.74) is 1.91. The maximum absolute atomic E-state index is 13.0. The van der Waals surface area contributed by atoms with E-state index in [2.05, 4.69) is 24.9 Å². The van der Waals surface area contributed by atoms with Crippen molar-refractivity contribution in [1.29, 1.82) is 0 Å². The van der Waals surface area contributed by atoms with Crippen LogP contribution in [0.15, 0.2) is 48.9 Å². The van der Waals surface area contributed by atoms with E-state index in [1.807, 2.05) is 0 Å². The maximum Gasteiger partial charge on any atom is 0.416 e. The second-order valence-electron chi connectivity index (χ2n) is 8.86. The van der Waals surface area contributed by atoms with E-state index in [1.165, 1.54) is 6.07 Å². The fourth-order valence-electron chi connectivity index (χ4n) is 4.39. The molecule has 0 aliphatic heterocycles. The number of H-pyrrole nitrogens is 1. The molecule has 8 nitrogen and oxygen atoms in total. The zero-order valence-electron chi connectivity index (χ0n) is 19.0. The molecule has 36 heavy (non-hydrogen) atoms. The Bertz CT molecular complexity index is 1360. The van der Waals surface area contributed by atoms with Crippen LogP contribution in [-0.2, 0) is 11.0 Å². The van der Waals surface area contributed by atoms with Gasteiger partial charge in [-0.2, -0.15) is 13.2 Å². The zero-order chi connectivity index (χ0) is 25.3. The Labute approximate surface area is 203 Å². The van der Waals surface area contributed by atoms with Gasteiger partial charge in [-0.3, -0.25) is 9.78 Å². The van der Waals surface area contributed by atoms with Crippen molar-refractivity contribution in [2.45, 2.75) is 44.4 Å². The molecule has 1 aliphatic carbocycles. The van der Waals surface area contributed by atoms with E-state index in [0.717, 1.165) is 37.8 Å². The molecular weight excluding hydrogens is 475 g/mol. The number of alkyl halides is 3. The van der Waals surface area contributed by atoms with Crippen LogP contribution in [0.5, 0.6) is 6.01 Å². The Morgan fingerprint density at radius 3 is 2.36 bits per heavy atom. The molecule has 11 heteroatoms. The molecule has 1 aromatic carbocycles. The van der Waals surface area contributed by atoms with Crippen molar-refractivity contribution >= 4 is 17.0 Å². The molecule has 0 bridgehead atoms. The van der Waals surface area contributed by atoms with Gasteiger partial charge in [0, 0.05) is 36.1 Å². The molecule has 0 radical (unpaired) electrons. The lowest BCUT2D eigenvalue weighted by molar-refractivity contribution is -0.139. The van der Waals surface area contributed by atoms with Crippen molar-refractivity contribution in [3.63, 3.8) is 0 Å². The van der Waals surface area contributed by atoms with E-state index in [-0.39, 0.29) is 24.5 Å². The van der Waals surface area contributed by atoms with Crippen LogP contribution >= 0.6 is 0 Å². The van der Waals surface area contributed by atoms with Gasteiger partial charge in [0.15, 0.2) is 0 Å². The number of aromatic nitrogens is 5. The predicted molar refractivity (Wildman–Crippen MR) is 124 cm³/mol. The molecule has 3 aromatic heterocycles. The van der Waals surface area contributed by atoms with Gasteiger partial charge in [0.25, 0.3) is 0 Å². The van der Waals surface area contributed by atoms with Gasteiger partial charge >= 0.3 is 18.2 Å². The average Bonchev–Trinajstić information content (AvgIpc) is 3.29. The standard InChI is InChI=1S/C25H22F3N5O3/c26-25(27,28)17-4-8-20-21(10-17)33-23(32-20)15-3-7-19(29-11-15)16-12-30-24(31-13-16)36-18-5-1-14(2-6-18)9-22(34)35/h3-4,7-8,10-14,18H,1-2,5-6,9H2,(H,32,33)(H,34,35). The molecule has 2 N–H and O–H groups in total. The van der Waals surface area contributed by atoms with Gasteiger partial charge in [-0.1, -0.05) is 0 Å². The summed E-state index contributed by atoms with van der Waals surface area (Å²) in [5.74, 6) is -0.157. The smallest absolute Gasteiger partial charge is 0.416 e. The van der Waals surface area contributed by atoms with Gasteiger partial charge in [0.2, 0.25) is 0 Å². The van der Waals surface area contributed by atoms with Crippen molar-refractivity contribution in [2.75, 3.05) is 0 Å². The third-order valence-electron chi connectivity index (χ3n) is 6.30. The minimum absolute atomic E-state index is 0.0330. The topological polar surface area (TPSA) is 114 Å². The Kier molecular flexibility index (Phi) is 6.29. The van der Waals surface area contributed by atoms with Crippen LogP contribution in [0.2, 0.25) is 0 Å². The Hall–Kier alpha value is -4.02. The molecule has 1 saturated carbocycles. The lowest BCUT2D eigenvalue weighted by Crippen LogP contribution is -2.25. The largest absolute Gasteiger partial charge is 0.481 e.